The van der Waals surface area contributed by atoms with Crippen LogP contribution in [0.1, 0.15) is 33.1 Å². The van der Waals surface area contributed by atoms with Crippen LogP contribution in [-0.2, 0) is 5.75 Å². The summed E-state index contributed by atoms with van der Waals surface area (Å²) < 4.78 is 1.72. The van der Waals surface area contributed by atoms with Crippen LogP contribution in [0.5, 0.6) is 0 Å². The predicted octanol–water partition coefficient (Wildman–Crippen LogP) is 6.19. The zero-order valence-corrected chi connectivity index (χ0v) is 21.7. The monoisotopic (exact) mass is 506 g/mol. The fraction of sp³-hybridized carbons (Fsp3) is 0.138. The van der Waals surface area contributed by atoms with Crippen LogP contribution in [0.4, 0.5) is 5.69 Å². The number of benzene rings is 3. The summed E-state index contributed by atoms with van der Waals surface area (Å²) in [6, 6.07) is 27.6. The number of anilines is 1. The van der Waals surface area contributed by atoms with E-state index in [4.69, 9.17) is 0 Å². The highest BCUT2D eigenvalue weighted by Crippen LogP contribution is 2.29. The van der Waals surface area contributed by atoms with Gasteiger partial charge in [-0.25, -0.2) is 14.6 Å². The minimum absolute atomic E-state index is 0.264. The number of aromatic nitrogens is 5. The Kier molecular flexibility index (Phi) is 7.09. The highest BCUT2D eigenvalue weighted by Gasteiger charge is 2.22. The molecule has 0 aliphatic heterocycles. The molecule has 184 valence electrons. The lowest BCUT2D eigenvalue weighted by Gasteiger charge is -2.12. The average molecular weight is 507 g/mol. The van der Waals surface area contributed by atoms with Crippen molar-refractivity contribution in [3.63, 3.8) is 0 Å². The topological polar surface area (TPSA) is 85.6 Å². The van der Waals surface area contributed by atoms with Gasteiger partial charge in [-0.05, 0) is 50.6 Å². The molecule has 0 bridgehead atoms. The Morgan fingerprint density at radius 1 is 0.865 bits per heavy atom. The van der Waals surface area contributed by atoms with Gasteiger partial charge >= 0.3 is 0 Å². The molecule has 0 spiro atoms. The minimum atomic E-state index is -0.321. The molecule has 5 rings (SSSR count). The van der Waals surface area contributed by atoms with Crippen LogP contribution in [-0.4, -0.2) is 30.9 Å². The van der Waals surface area contributed by atoms with Gasteiger partial charge in [-0.3, -0.25) is 4.79 Å². The van der Waals surface area contributed by atoms with Crippen LogP contribution >= 0.6 is 11.8 Å². The van der Waals surface area contributed by atoms with E-state index in [2.05, 4.69) is 25.6 Å². The van der Waals surface area contributed by atoms with Crippen LogP contribution < -0.4 is 5.32 Å². The molecule has 8 heteroatoms. The number of nitrogens with zero attached hydrogens (tertiary/aromatic N) is 5. The van der Waals surface area contributed by atoms with Gasteiger partial charge in [0.15, 0.2) is 10.9 Å². The fourth-order valence-corrected chi connectivity index (χ4v) is 4.98. The Morgan fingerprint density at radius 3 is 2.27 bits per heavy atom. The number of nitrogens with one attached hydrogen (secondary N) is 1. The predicted molar refractivity (Wildman–Crippen MR) is 147 cm³/mol. The zero-order chi connectivity index (χ0) is 25.8. The first-order valence-electron chi connectivity index (χ1n) is 11.9. The summed E-state index contributed by atoms with van der Waals surface area (Å²) >= 11 is 1.45. The van der Waals surface area contributed by atoms with Crippen LogP contribution in [0.15, 0.2) is 90.1 Å². The molecule has 3 aromatic carbocycles. The molecule has 1 amide bonds. The number of carbonyl (C=O) groups excluding carboxylic acids is 1. The van der Waals surface area contributed by atoms with Gasteiger partial charge in [-0.1, -0.05) is 83.2 Å². The van der Waals surface area contributed by atoms with E-state index in [9.17, 15) is 4.79 Å². The second-order valence-electron chi connectivity index (χ2n) is 8.72. The SMILES string of the molecule is Cc1ccc(-n2nnc(C(=O)Nc3ccccc3-c3ccccc3)c2CSc2nc(C)cc(C)n2)cc1. The highest BCUT2D eigenvalue weighted by atomic mass is 32.2. The van der Waals surface area contributed by atoms with Crippen molar-refractivity contribution in [1.82, 2.24) is 25.0 Å². The summed E-state index contributed by atoms with van der Waals surface area (Å²) in [6.45, 7) is 5.92. The lowest BCUT2D eigenvalue weighted by molar-refractivity contribution is 0.102. The first-order chi connectivity index (χ1) is 18.0. The zero-order valence-electron chi connectivity index (χ0n) is 20.8. The maximum atomic E-state index is 13.6. The van der Waals surface area contributed by atoms with E-state index < -0.39 is 0 Å². The maximum absolute atomic E-state index is 13.6. The standard InChI is InChI=1S/C29H26N6OS/c1-19-13-15-23(16-14-19)35-26(18-37-29-30-20(2)17-21(3)31-29)27(33-34-35)28(36)32-25-12-8-7-11-24(25)22-9-5-4-6-10-22/h4-17H,18H2,1-3H3,(H,32,36). The molecule has 7 nitrogen and oxygen atoms in total. The first kappa shape index (κ1) is 24.4. The number of hydrogen-bond acceptors (Lipinski definition) is 6. The van der Waals surface area contributed by atoms with Gasteiger partial charge < -0.3 is 5.32 Å². The number of rotatable bonds is 7. The fourth-order valence-electron chi connectivity index (χ4n) is 4.03. The van der Waals surface area contributed by atoms with E-state index in [-0.39, 0.29) is 11.6 Å². The molecule has 0 aliphatic rings. The second-order valence-corrected chi connectivity index (χ2v) is 9.66. The number of para-hydroxylation sites is 1. The quantitative estimate of drug-likeness (QED) is 0.209. The average Bonchev–Trinajstić information content (AvgIpc) is 3.32. The van der Waals surface area contributed by atoms with Crippen molar-refractivity contribution in [1.29, 1.82) is 0 Å². The van der Waals surface area contributed by atoms with Crippen LogP contribution in [0.3, 0.4) is 0 Å². The molecule has 0 saturated carbocycles. The summed E-state index contributed by atoms with van der Waals surface area (Å²) in [5, 5.41) is 12.4. The smallest absolute Gasteiger partial charge is 0.278 e. The molecule has 0 atom stereocenters. The van der Waals surface area contributed by atoms with Crippen molar-refractivity contribution in [2.75, 3.05) is 5.32 Å². The van der Waals surface area contributed by atoms with E-state index in [0.717, 1.165) is 33.8 Å². The first-order valence-corrected chi connectivity index (χ1v) is 12.9. The number of carbonyl (C=O) groups is 1. The molecule has 0 aliphatic carbocycles. The Morgan fingerprint density at radius 2 is 1.54 bits per heavy atom. The molecule has 2 heterocycles. The van der Waals surface area contributed by atoms with Crippen LogP contribution in [0.25, 0.3) is 16.8 Å². The van der Waals surface area contributed by atoms with Crippen molar-refractivity contribution < 1.29 is 4.79 Å². The Hall–Kier alpha value is -4.30. The summed E-state index contributed by atoms with van der Waals surface area (Å²) in [4.78, 5) is 22.6. The number of thioether (sulfide) groups is 1. The van der Waals surface area contributed by atoms with Gasteiger partial charge in [0, 0.05) is 28.4 Å². The molecule has 37 heavy (non-hydrogen) atoms. The molecule has 0 radical (unpaired) electrons. The van der Waals surface area contributed by atoms with Crippen molar-refractivity contribution in [3.8, 4) is 16.8 Å². The molecule has 0 unspecified atom stereocenters. The third-order valence-corrected chi connectivity index (χ3v) is 6.68. The summed E-state index contributed by atoms with van der Waals surface area (Å²) in [5.74, 6) is 0.103. The lowest BCUT2D eigenvalue weighted by atomic mass is 10.0. The van der Waals surface area contributed by atoms with Crippen LogP contribution in [0, 0.1) is 20.8 Å². The molecule has 5 aromatic rings. The van der Waals surface area contributed by atoms with Crippen LogP contribution in [0.2, 0.25) is 0 Å². The van der Waals surface area contributed by atoms with Crippen molar-refractivity contribution >= 4 is 23.4 Å². The maximum Gasteiger partial charge on any atom is 0.278 e. The number of aryl methyl sites for hydroxylation is 3. The van der Waals surface area contributed by atoms with E-state index >= 15 is 0 Å². The second kappa shape index (κ2) is 10.8. The van der Waals surface area contributed by atoms with E-state index in [1.807, 2.05) is 106 Å². The summed E-state index contributed by atoms with van der Waals surface area (Å²) in [7, 11) is 0. The van der Waals surface area contributed by atoms with Gasteiger partial charge in [-0.2, -0.15) is 0 Å². The highest BCUT2D eigenvalue weighted by molar-refractivity contribution is 7.98. The van der Waals surface area contributed by atoms with Crippen molar-refractivity contribution in [2.45, 2.75) is 31.7 Å². The van der Waals surface area contributed by atoms with Gasteiger partial charge in [0.25, 0.3) is 5.91 Å². The molecule has 1 N–H and O–H groups in total. The normalized spacial score (nSPS) is 10.9. The van der Waals surface area contributed by atoms with Gasteiger partial charge in [-0.15, -0.1) is 5.10 Å². The molecular formula is C29H26N6OS. The number of hydrogen-bond donors (Lipinski definition) is 1. The third-order valence-electron chi connectivity index (χ3n) is 5.82. The van der Waals surface area contributed by atoms with Crippen molar-refractivity contribution in [3.05, 3.63) is 113 Å². The number of amides is 1. The largest absolute Gasteiger partial charge is 0.320 e. The van der Waals surface area contributed by atoms with Crippen molar-refractivity contribution in [2.24, 2.45) is 0 Å². The summed E-state index contributed by atoms with van der Waals surface area (Å²) in [5.41, 5.74) is 7.36. The third kappa shape index (κ3) is 5.59. The van der Waals surface area contributed by atoms with E-state index in [1.54, 1.807) is 4.68 Å². The van der Waals surface area contributed by atoms with E-state index in [1.165, 1.54) is 11.8 Å². The van der Waals surface area contributed by atoms with Gasteiger partial charge in [0.1, 0.15) is 0 Å². The van der Waals surface area contributed by atoms with Gasteiger partial charge in [0.2, 0.25) is 0 Å². The molecule has 0 saturated heterocycles. The van der Waals surface area contributed by atoms with Gasteiger partial charge in [0.05, 0.1) is 11.4 Å². The molecule has 2 aromatic heterocycles. The Balaban J connectivity index is 1.49. The van der Waals surface area contributed by atoms with E-state index in [0.29, 0.717) is 22.3 Å². The lowest BCUT2D eigenvalue weighted by Crippen LogP contribution is -2.16. The molecule has 0 fully saturated rings. The minimum Gasteiger partial charge on any atom is -0.320 e. The Labute approximate surface area is 220 Å². The summed E-state index contributed by atoms with van der Waals surface area (Å²) in [6.07, 6.45) is 0. The molecular weight excluding hydrogens is 480 g/mol. The Bertz CT molecular complexity index is 1530.